The smallest absolute Gasteiger partial charge is 0.320 e. The van der Waals surface area contributed by atoms with Gasteiger partial charge in [0.05, 0.1) is 5.52 Å². The minimum Gasteiger partial charge on any atom is -0.480 e. The van der Waals surface area contributed by atoms with E-state index in [1.54, 1.807) is 12.1 Å². The van der Waals surface area contributed by atoms with E-state index in [-0.39, 0.29) is 12.2 Å². The third kappa shape index (κ3) is 2.14. The summed E-state index contributed by atoms with van der Waals surface area (Å²) in [5.74, 6) is -1.39. The fraction of sp³-hybridized carbons (Fsp3) is 0.250. The molecule has 0 spiro atoms. The molecule has 4 N–H and O–H groups in total. The fourth-order valence-electron chi connectivity index (χ4n) is 1.82. The van der Waals surface area contributed by atoms with Crippen LogP contribution in [0.15, 0.2) is 18.2 Å². The SMILES string of the molecule is Cc1ccc(F)c2cc(C[C@@H](N)C(=O)O)[nH]c12. The number of aryl methyl sites for hydroxylation is 1. The zero-order chi connectivity index (χ0) is 12.6. The van der Waals surface area contributed by atoms with E-state index in [1.165, 1.54) is 6.07 Å². The number of rotatable bonds is 3. The highest BCUT2D eigenvalue weighted by atomic mass is 19.1. The van der Waals surface area contributed by atoms with Crippen LogP contribution < -0.4 is 5.73 Å². The summed E-state index contributed by atoms with van der Waals surface area (Å²) in [4.78, 5) is 13.6. The number of H-pyrrole nitrogens is 1. The number of carboxylic acid groups (broad SMARTS) is 1. The summed E-state index contributed by atoms with van der Waals surface area (Å²) in [7, 11) is 0. The monoisotopic (exact) mass is 236 g/mol. The summed E-state index contributed by atoms with van der Waals surface area (Å²) in [5.41, 5.74) is 7.67. The number of aromatic nitrogens is 1. The molecular formula is C12H13FN2O2. The van der Waals surface area contributed by atoms with Gasteiger partial charge in [-0.15, -0.1) is 0 Å². The molecule has 1 atom stereocenters. The maximum atomic E-state index is 13.5. The average Bonchev–Trinajstić information content (AvgIpc) is 2.68. The number of aliphatic carboxylic acids is 1. The van der Waals surface area contributed by atoms with E-state index >= 15 is 0 Å². The maximum absolute atomic E-state index is 13.5. The molecule has 0 saturated carbocycles. The third-order valence-electron chi connectivity index (χ3n) is 2.76. The molecule has 1 aromatic carbocycles. The molecule has 17 heavy (non-hydrogen) atoms. The van der Waals surface area contributed by atoms with Crippen LogP contribution in [0.1, 0.15) is 11.3 Å². The summed E-state index contributed by atoms with van der Waals surface area (Å²) in [6.07, 6.45) is 0.156. The predicted molar refractivity (Wildman–Crippen MR) is 62.3 cm³/mol. The second-order valence-electron chi connectivity index (χ2n) is 4.10. The minimum absolute atomic E-state index is 0.156. The number of aromatic amines is 1. The number of carboxylic acids is 1. The van der Waals surface area contributed by atoms with Crippen molar-refractivity contribution in [3.8, 4) is 0 Å². The molecule has 0 radical (unpaired) electrons. The molecule has 0 bridgehead atoms. The van der Waals surface area contributed by atoms with Crippen LogP contribution in [0.2, 0.25) is 0 Å². The van der Waals surface area contributed by atoms with Crippen LogP contribution in [0.4, 0.5) is 4.39 Å². The molecule has 0 fully saturated rings. The highest BCUT2D eigenvalue weighted by Gasteiger charge is 2.15. The molecule has 4 nitrogen and oxygen atoms in total. The van der Waals surface area contributed by atoms with Gasteiger partial charge in [-0.2, -0.15) is 0 Å². The van der Waals surface area contributed by atoms with Crippen molar-refractivity contribution in [3.63, 3.8) is 0 Å². The Morgan fingerprint density at radius 1 is 1.59 bits per heavy atom. The number of fused-ring (bicyclic) bond motifs is 1. The van der Waals surface area contributed by atoms with Gasteiger partial charge in [0.15, 0.2) is 0 Å². The molecule has 90 valence electrons. The van der Waals surface area contributed by atoms with Gasteiger partial charge in [-0.3, -0.25) is 4.79 Å². The quantitative estimate of drug-likeness (QED) is 0.756. The Labute approximate surface area is 97.2 Å². The van der Waals surface area contributed by atoms with Crippen LogP contribution in [0.3, 0.4) is 0 Å². The zero-order valence-electron chi connectivity index (χ0n) is 9.33. The lowest BCUT2D eigenvalue weighted by Gasteiger charge is -2.03. The number of hydrogen-bond acceptors (Lipinski definition) is 2. The molecule has 0 aliphatic rings. The average molecular weight is 236 g/mol. The van der Waals surface area contributed by atoms with Gasteiger partial charge in [0.1, 0.15) is 11.9 Å². The molecule has 0 saturated heterocycles. The second kappa shape index (κ2) is 4.18. The number of carbonyl (C=O) groups is 1. The summed E-state index contributed by atoms with van der Waals surface area (Å²) in [6, 6.07) is 3.70. The van der Waals surface area contributed by atoms with E-state index in [1.807, 2.05) is 6.92 Å². The van der Waals surface area contributed by atoms with Crippen molar-refractivity contribution < 1.29 is 14.3 Å². The van der Waals surface area contributed by atoms with Crippen LogP contribution in [-0.4, -0.2) is 22.1 Å². The van der Waals surface area contributed by atoms with Gasteiger partial charge >= 0.3 is 5.97 Å². The third-order valence-corrected chi connectivity index (χ3v) is 2.76. The lowest BCUT2D eigenvalue weighted by molar-refractivity contribution is -0.138. The van der Waals surface area contributed by atoms with Crippen molar-refractivity contribution >= 4 is 16.9 Å². The molecule has 0 amide bonds. The van der Waals surface area contributed by atoms with Crippen LogP contribution in [-0.2, 0) is 11.2 Å². The summed E-state index contributed by atoms with van der Waals surface area (Å²) in [6.45, 7) is 1.86. The zero-order valence-corrected chi connectivity index (χ0v) is 9.33. The highest BCUT2D eigenvalue weighted by Crippen LogP contribution is 2.22. The predicted octanol–water partition coefficient (Wildman–Crippen LogP) is 1.57. The molecule has 5 heteroatoms. The first kappa shape index (κ1) is 11.6. The Morgan fingerprint density at radius 2 is 2.29 bits per heavy atom. The summed E-state index contributed by atoms with van der Waals surface area (Å²) < 4.78 is 13.5. The number of halogens is 1. The molecule has 1 heterocycles. The van der Waals surface area contributed by atoms with Crippen molar-refractivity contribution in [2.75, 3.05) is 0 Å². The molecule has 2 rings (SSSR count). The van der Waals surface area contributed by atoms with Crippen LogP contribution in [0.25, 0.3) is 10.9 Å². The van der Waals surface area contributed by atoms with E-state index in [4.69, 9.17) is 10.8 Å². The first-order chi connectivity index (χ1) is 7.99. The molecule has 0 aliphatic carbocycles. The lowest BCUT2D eigenvalue weighted by atomic mass is 10.1. The first-order valence-electron chi connectivity index (χ1n) is 5.24. The van der Waals surface area contributed by atoms with Gasteiger partial charge in [-0.25, -0.2) is 4.39 Å². The Balaban J connectivity index is 2.41. The first-order valence-corrected chi connectivity index (χ1v) is 5.24. The van der Waals surface area contributed by atoms with Crippen molar-refractivity contribution in [2.24, 2.45) is 5.73 Å². The number of benzene rings is 1. The van der Waals surface area contributed by atoms with Crippen LogP contribution in [0, 0.1) is 12.7 Å². The Kier molecular flexibility index (Phi) is 2.85. The Hall–Kier alpha value is -1.88. The molecule has 0 aliphatic heterocycles. The number of nitrogens with one attached hydrogen (secondary N) is 1. The van der Waals surface area contributed by atoms with Gasteiger partial charge in [-0.05, 0) is 24.6 Å². The van der Waals surface area contributed by atoms with E-state index < -0.39 is 12.0 Å². The Morgan fingerprint density at radius 3 is 2.88 bits per heavy atom. The van der Waals surface area contributed by atoms with Gasteiger partial charge in [0.2, 0.25) is 0 Å². The van der Waals surface area contributed by atoms with Crippen molar-refractivity contribution in [3.05, 3.63) is 35.3 Å². The molecule has 1 aromatic heterocycles. The van der Waals surface area contributed by atoms with Crippen LogP contribution in [0.5, 0.6) is 0 Å². The summed E-state index contributed by atoms with van der Waals surface area (Å²) in [5, 5.41) is 9.18. The molecule has 0 unspecified atom stereocenters. The second-order valence-corrected chi connectivity index (χ2v) is 4.10. The maximum Gasteiger partial charge on any atom is 0.320 e. The molecule has 2 aromatic rings. The van der Waals surface area contributed by atoms with Gasteiger partial charge in [0, 0.05) is 17.5 Å². The summed E-state index contributed by atoms with van der Waals surface area (Å²) >= 11 is 0. The number of nitrogens with two attached hydrogens (primary N) is 1. The lowest BCUT2D eigenvalue weighted by Crippen LogP contribution is -2.32. The van der Waals surface area contributed by atoms with E-state index in [0.29, 0.717) is 16.6 Å². The van der Waals surface area contributed by atoms with Gasteiger partial charge in [0.25, 0.3) is 0 Å². The van der Waals surface area contributed by atoms with E-state index in [9.17, 15) is 9.18 Å². The van der Waals surface area contributed by atoms with E-state index in [0.717, 1.165) is 5.56 Å². The fourth-order valence-corrected chi connectivity index (χ4v) is 1.82. The normalized spacial score (nSPS) is 12.9. The van der Waals surface area contributed by atoms with Crippen molar-refractivity contribution in [2.45, 2.75) is 19.4 Å². The van der Waals surface area contributed by atoms with Crippen molar-refractivity contribution in [1.82, 2.24) is 4.98 Å². The van der Waals surface area contributed by atoms with Gasteiger partial charge in [-0.1, -0.05) is 6.07 Å². The van der Waals surface area contributed by atoms with Crippen LogP contribution >= 0.6 is 0 Å². The largest absolute Gasteiger partial charge is 0.480 e. The molecular weight excluding hydrogens is 223 g/mol. The highest BCUT2D eigenvalue weighted by molar-refractivity contribution is 5.84. The van der Waals surface area contributed by atoms with Crippen molar-refractivity contribution in [1.29, 1.82) is 0 Å². The minimum atomic E-state index is -1.07. The Bertz CT molecular complexity index is 538. The standard InChI is InChI=1S/C12H13FN2O2/c1-6-2-3-9(13)8-4-7(15-11(6)8)5-10(14)12(16)17/h2-4,10,15H,5,14H2,1H3,(H,16,17)/t10-/m1/s1. The van der Waals surface area contributed by atoms with Gasteiger partial charge < -0.3 is 15.8 Å². The number of hydrogen-bond donors (Lipinski definition) is 3. The van der Waals surface area contributed by atoms with E-state index in [2.05, 4.69) is 4.98 Å². The topological polar surface area (TPSA) is 79.1 Å².